The summed E-state index contributed by atoms with van der Waals surface area (Å²) in [5.74, 6) is 2.53. The van der Waals surface area contributed by atoms with Gasteiger partial charge in [-0.15, -0.1) is 0 Å². The standard InChI is InChI=1S/C17H31N3O2S/c1-13-8-17(2,3)12-20(10-13)16(19-15-4-5-15)18-9-14-6-7-23(21,22)11-14/h13-15H,4-12H2,1-3H3,(H,18,19). The molecular weight excluding hydrogens is 310 g/mol. The summed E-state index contributed by atoms with van der Waals surface area (Å²) in [6.07, 6.45) is 4.47. The van der Waals surface area contributed by atoms with Gasteiger partial charge in [0.1, 0.15) is 0 Å². The molecule has 3 aliphatic rings. The van der Waals surface area contributed by atoms with Crippen molar-refractivity contribution in [2.45, 2.75) is 52.5 Å². The second kappa shape index (κ2) is 6.26. The lowest BCUT2D eigenvalue weighted by Gasteiger charge is -2.43. The van der Waals surface area contributed by atoms with Crippen molar-refractivity contribution >= 4 is 15.8 Å². The number of likely N-dealkylation sites (tertiary alicyclic amines) is 1. The zero-order chi connectivity index (χ0) is 16.7. The smallest absolute Gasteiger partial charge is 0.194 e. The average molecular weight is 342 g/mol. The van der Waals surface area contributed by atoms with Crippen LogP contribution in [0.15, 0.2) is 4.99 Å². The van der Waals surface area contributed by atoms with E-state index in [4.69, 9.17) is 4.99 Å². The van der Waals surface area contributed by atoms with Crippen LogP contribution in [0, 0.1) is 17.3 Å². The summed E-state index contributed by atoms with van der Waals surface area (Å²) in [5, 5.41) is 3.59. The van der Waals surface area contributed by atoms with Gasteiger partial charge in [-0.05, 0) is 42.9 Å². The molecular formula is C17H31N3O2S. The molecule has 0 spiro atoms. The first kappa shape index (κ1) is 17.1. The van der Waals surface area contributed by atoms with Crippen LogP contribution in [0.3, 0.4) is 0 Å². The SMILES string of the molecule is CC1CN(C(=NCC2CCS(=O)(=O)C2)NC2CC2)CC(C)(C)C1. The number of piperidine rings is 1. The highest BCUT2D eigenvalue weighted by Gasteiger charge is 2.34. The second-order valence-corrected chi connectivity index (χ2v) is 10.9. The van der Waals surface area contributed by atoms with E-state index in [2.05, 4.69) is 31.0 Å². The minimum absolute atomic E-state index is 0.200. The van der Waals surface area contributed by atoms with E-state index in [1.54, 1.807) is 0 Å². The minimum Gasteiger partial charge on any atom is -0.354 e. The molecule has 1 N–H and O–H groups in total. The Kier molecular flexibility index (Phi) is 4.64. The van der Waals surface area contributed by atoms with Crippen molar-refractivity contribution in [2.24, 2.45) is 22.2 Å². The van der Waals surface area contributed by atoms with Crippen molar-refractivity contribution in [1.29, 1.82) is 0 Å². The Hall–Kier alpha value is -0.780. The third-order valence-corrected chi connectivity index (χ3v) is 6.93. The van der Waals surface area contributed by atoms with Gasteiger partial charge in [0.15, 0.2) is 15.8 Å². The Morgan fingerprint density at radius 2 is 2.04 bits per heavy atom. The molecule has 2 aliphatic heterocycles. The molecule has 1 saturated carbocycles. The topological polar surface area (TPSA) is 61.8 Å². The first-order valence-corrected chi connectivity index (χ1v) is 10.8. The molecule has 0 aromatic rings. The number of hydrogen-bond donors (Lipinski definition) is 1. The maximum absolute atomic E-state index is 11.6. The largest absolute Gasteiger partial charge is 0.354 e. The van der Waals surface area contributed by atoms with Crippen LogP contribution < -0.4 is 5.32 Å². The van der Waals surface area contributed by atoms with Crippen molar-refractivity contribution in [3.05, 3.63) is 0 Å². The quantitative estimate of drug-likeness (QED) is 0.629. The lowest BCUT2D eigenvalue weighted by atomic mass is 9.79. The van der Waals surface area contributed by atoms with Crippen molar-refractivity contribution in [1.82, 2.24) is 10.2 Å². The van der Waals surface area contributed by atoms with E-state index in [0.717, 1.165) is 25.5 Å². The van der Waals surface area contributed by atoms with Gasteiger partial charge in [0.05, 0.1) is 11.5 Å². The number of nitrogens with one attached hydrogen (secondary N) is 1. The average Bonchev–Trinajstić information content (AvgIpc) is 3.15. The van der Waals surface area contributed by atoms with E-state index < -0.39 is 9.84 Å². The number of nitrogens with zero attached hydrogens (tertiary/aromatic N) is 2. The van der Waals surface area contributed by atoms with Crippen molar-refractivity contribution in [2.75, 3.05) is 31.1 Å². The minimum atomic E-state index is -2.81. The van der Waals surface area contributed by atoms with Crippen LogP contribution in [-0.4, -0.2) is 56.5 Å². The fourth-order valence-corrected chi connectivity index (χ4v) is 5.92. The first-order valence-electron chi connectivity index (χ1n) is 8.99. The van der Waals surface area contributed by atoms with E-state index in [-0.39, 0.29) is 5.92 Å². The zero-order valence-electron chi connectivity index (χ0n) is 14.7. The molecule has 2 unspecified atom stereocenters. The Bertz CT molecular complexity index is 566. The van der Waals surface area contributed by atoms with E-state index >= 15 is 0 Å². The van der Waals surface area contributed by atoms with Crippen molar-refractivity contribution < 1.29 is 8.42 Å². The van der Waals surface area contributed by atoms with Gasteiger partial charge >= 0.3 is 0 Å². The monoisotopic (exact) mass is 341 g/mol. The molecule has 23 heavy (non-hydrogen) atoms. The molecule has 1 aliphatic carbocycles. The molecule has 2 saturated heterocycles. The van der Waals surface area contributed by atoms with Gasteiger partial charge < -0.3 is 10.2 Å². The lowest BCUT2D eigenvalue weighted by Crippen LogP contribution is -2.52. The molecule has 0 bridgehead atoms. The van der Waals surface area contributed by atoms with Crippen LogP contribution in [0.4, 0.5) is 0 Å². The van der Waals surface area contributed by atoms with Crippen molar-refractivity contribution in [3.8, 4) is 0 Å². The predicted molar refractivity (Wildman–Crippen MR) is 94.4 cm³/mol. The number of sulfone groups is 1. The number of guanidine groups is 1. The van der Waals surface area contributed by atoms with Crippen LogP contribution in [0.5, 0.6) is 0 Å². The molecule has 2 heterocycles. The van der Waals surface area contributed by atoms with E-state index in [0.29, 0.717) is 35.4 Å². The second-order valence-electron chi connectivity index (χ2n) is 8.71. The summed E-state index contributed by atoms with van der Waals surface area (Å²) >= 11 is 0. The number of aliphatic imine (C=N–C) groups is 1. The van der Waals surface area contributed by atoms with E-state index in [1.165, 1.54) is 19.3 Å². The normalized spacial score (nSPS) is 33.7. The Labute approximate surface area is 140 Å². The molecule has 0 amide bonds. The molecule has 0 aromatic carbocycles. The molecule has 0 aromatic heterocycles. The van der Waals surface area contributed by atoms with Crippen LogP contribution in [0.1, 0.15) is 46.5 Å². The maximum Gasteiger partial charge on any atom is 0.194 e. The van der Waals surface area contributed by atoms with Gasteiger partial charge in [-0.3, -0.25) is 4.99 Å². The first-order chi connectivity index (χ1) is 10.7. The molecule has 3 fully saturated rings. The fourth-order valence-electron chi connectivity index (χ4n) is 4.07. The van der Waals surface area contributed by atoms with Crippen LogP contribution in [0.25, 0.3) is 0 Å². The van der Waals surface area contributed by atoms with Gasteiger partial charge in [-0.2, -0.15) is 0 Å². The highest BCUT2D eigenvalue weighted by molar-refractivity contribution is 7.91. The van der Waals surface area contributed by atoms with Gasteiger partial charge in [0.25, 0.3) is 0 Å². The summed E-state index contributed by atoms with van der Waals surface area (Å²) in [6, 6.07) is 0.571. The number of rotatable bonds is 3. The van der Waals surface area contributed by atoms with Gasteiger partial charge in [-0.25, -0.2) is 8.42 Å². The van der Waals surface area contributed by atoms with Crippen LogP contribution in [0.2, 0.25) is 0 Å². The molecule has 5 nitrogen and oxygen atoms in total. The summed E-state index contributed by atoms with van der Waals surface area (Å²) in [7, 11) is -2.81. The molecule has 3 rings (SSSR count). The number of hydrogen-bond acceptors (Lipinski definition) is 3. The van der Waals surface area contributed by atoms with Crippen LogP contribution in [-0.2, 0) is 9.84 Å². The van der Waals surface area contributed by atoms with Gasteiger partial charge in [-0.1, -0.05) is 20.8 Å². The fraction of sp³-hybridized carbons (Fsp3) is 0.941. The Balaban J connectivity index is 1.68. The molecule has 132 valence electrons. The molecule has 2 atom stereocenters. The van der Waals surface area contributed by atoms with Crippen molar-refractivity contribution in [3.63, 3.8) is 0 Å². The third kappa shape index (κ3) is 4.85. The summed E-state index contributed by atoms with van der Waals surface area (Å²) in [5.41, 5.74) is 0.306. The zero-order valence-corrected chi connectivity index (χ0v) is 15.5. The highest BCUT2D eigenvalue weighted by atomic mass is 32.2. The Morgan fingerprint density at radius 3 is 2.61 bits per heavy atom. The van der Waals surface area contributed by atoms with Gasteiger partial charge in [0.2, 0.25) is 0 Å². The third-order valence-electron chi connectivity index (χ3n) is 5.09. The van der Waals surface area contributed by atoms with Crippen LogP contribution >= 0.6 is 0 Å². The molecule has 6 heteroatoms. The lowest BCUT2D eigenvalue weighted by molar-refractivity contribution is 0.129. The summed E-state index contributed by atoms with van der Waals surface area (Å²) in [6.45, 7) is 9.68. The highest BCUT2D eigenvalue weighted by Crippen LogP contribution is 2.32. The Morgan fingerprint density at radius 1 is 1.30 bits per heavy atom. The predicted octanol–water partition coefficient (Wildman–Crippen LogP) is 1.90. The maximum atomic E-state index is 11.6. The molecule has 0 radical (unpaired) electrons. The van der Waals surface area contributed by atoms with E-state index in [1.807, 2.05) is 0 Å². The van der Waals surface area contributed by atoms with Gasteiger partial charge in [0, 0.05) is 25.7 Å². The summed E-state index contributed by atoms with van der Waals surface area (Å²) in [4.78, 5) is 7.24. The summed E-state index contributed by atoms with van der Waals surface area (Å²) < 4.78 is 23.3. The van der Waals surface area contributed by atoms with E-state index in [9.17, 15) is 8.42 Å².